The van der Waals surface area contributed by atoms with Crippen molar-refractivity contribution in [1.82, 2.24) is 0 Å². The van der Waals surface area contributed by atoms with Gasteiger partial charge >= 0.3 is 13.6 Å². The Bertz CT molecular complexity index is 214. The molecular weight excluding hydrogens is 183 g/mol. The van der Waals surface area contributed by atoms with Gasteiger partial charge in [-0.15, -0.1) is 0 Å². The second-order valence-corrected chi connectivity index (χ2v) is 4.22. The number of rotatable bonds is 5. The van der Waals surface area contributed by atoms with E-state index in [-0.39, 0.29) is 6.16 Å². The van der Waals surface area contributed by atoms with Crippen LogP contribution in [-0.4, -0.2) is 31.5 Å². The van der Waals surface area contributed by atoms with Crippen LogP contribution in [-0.2, 0) is 18.4 Å². The molecule has 0 aliphatic rings. The molecule has 0 aliphatic carbocycles. The molecule has 0 aliphatic heterocycles. The van der Waals surface area contributed by atoms with E-state index in [0.29, 0.717) is 0 Å². The summed E-state index contributed by atoms with van der Waals surface area (Å²) in [4.78, 5) is 10.0. The first-order valence-corrected chi connectivity index (χ1v) is 4.87. The van der Waals surface area contributed by atoms with E-state index in [2.05, 4.69) is 9.05 Å². The van der Waals surface area contributed by atoms with Crippen molar-refractivity contribution in [2.45, 2.75) is 0 Å². The molecule has 0 saturated heterocycles. The van der Waals surface area contributed by atoms with Gasteiger partial charge in [-0.3, -0.25) is 4.57 Å². The monoisotopic (exact) mass is 194 g/mol. The third kappa shape index (κ3) is 4.28. The molecule has 0 saturated carbocycles. The van der Waals surface area contributed by atoms with Crippen molar-refractivity contribution in [1.29, 1.82) is 0 Å². The summed E-state index contributed by atoms with van der Waals surface area (Å²) in [6, 6.07) is 0. The average molecular weight is 194 g/mol. The van der Waals surface area contributed by atoms with E-state index in [9.17, 15) is 9.36 Å². The molecule has 0 unspecified atom stereocenters. The maximum atomic E-state index is 11.2. The fraction of sp³-hybridized carbons (Fsp3) is 0.500. The lowest BCUT2D eigenvalue weighted by Gasteiger charge is -2.09. The third-order valence-corrected chi connectivity index (χ3v) is 2.92. The molecule has 12 heavy (non-hydrogen) atoms. The highest BCUT2D eigenvalue weighted by Gasteiger charge is 2.18. The molecule has 0 spiro atoms. The van der Waals surface area contributed by atoms with Crippen molar-refractivity contribution < 1.29 is 23.5 Å². The number of hydrogen-bond acceptors (Lipinski definition) is 4. The van der Waals surface area contributed by atoms with Gasteiger partial charge in [0.05, 0.1) is 6.16 Å². The van der Waals surface area contributed by atoms with Crippen molar-refractivity contribution in [3.05, 3.63) is 12.2 Å². The zero-order valence-corrected chi connectivity index (χ0v) is 7.78. The maximum absolute atomic E-state index is 11.2. The van der Waals surface area contributed by atoms with Crippen LogP contribution in [0, 0.1) is 0 Å². The highest BCUT2D eigenvalue weighted by atomic mass is 31.2. The van der Waals surface area contributed by atoms with E-state index in [1.54, 1.807) is 0 Å². The number of aliphatic carboxylic acids is 1. The molecule has 0 rings (SSSR count). The van der Waals surface area contributed by atoms with Crippen molar-refractivity contribution >= 4 is 13.6 Å². The SMILES string of the molecule is COP(=O)(C/C=C/C(=O)O)OC. The quantitative estimate of drug-likeness (QED) is 0.524. The number of hydrogen-bond donors (Lipinski definition) is 1. The van der Waals surface area contributed by atoms with E-state index >= 15 is 0 Å². The summed E-state index contributed by atoms with van der Waals surface area (Å²) in [5.74, 6) is -1.09. The van der Waals surface area contributed by atoms with Gasteiger partial charge in [0.1, 0.15) is 0 Å². The summed E-state index contributed by atoms with van der Waals surface area (Å²) in [7, 11) is -0.590. The van der Waals surface area contributed by atoms with Crippen LogP contribution >= 0.6 is 7.60 Å². The Morgan fingerprint density at radius 2 is 2.00 bits per heavy atom. The normalized spacial score (nSPS) is 12.2. The van der Waals surface area contributed by atoms with Gasteiger partial charge in [0.15, 0.2) is 0 Å². The Balaban J connectivity index is 4.06. The van der Waals surface area contributed by atoms with Gasteiger partial charge in [-0.05, 0) is 0 Å². The fourth-order valence-electron chi connectivity index (χ4n) is 0.506. The van der Waals surface area contributed by atoms with Crippen LogP contribution in [0.2, 0.25) is 0 Å². The standard InChI is InChI=1S/C6H11O5P/c1-10-12(9,11-2)5-3-4-6(7)8/h3-4H,5H2,1-2H3,(H,7,8)/b4-3+. The second-order valence-electron chi connectivity index (χ2n) is 1.90. The molecule has 0 atom stereocenters. The van der Waals surface area contributed by atoms with Crippen LogP contribution in [0.4, 0.5) is 0 Å². The largest absolute Gasteiger partial charge is 0.478 e. The van der Waals surface area contributed by atoms with Crippen LogP contribution in [0.5, 0.6) is 0 Å². The molecule has 70 valence electrons. The molecule has 0 aromatic heterocycles. The van der Waals surface area contributed by atoms with Crippen LogP contribution in [0.15, 0.2) is 12.2 Å². The number of allylic oxidation sites excluding steroid dienone is 1. The molecule has 5 nitrogen and oxygen atoms in total. The highest BCUT2D eigenvalue weighted by molar-refractivity contribution is 7.54. The lowest BCUT2D eigenvalue weighted by Crippen LogP contribution is -1.93. The van der Waals surface area contributed by atoms with Gasteiger partial charge in [-0.1, -0.05) is 6.08 Å². The van der Waals surface area contributed by atoms with E-state index < -0.39 is 13.6 Å². The summed E-state index contributed by atoms with van der Waals surface area (Å²) < 4.78 is 20.4. The number of carboxylic acid groups (broad SMARTS) is 1. The number of carboxylic acids is 1. The van der Waals surface area contributed by atoms with E-state index in [4.69, 9.17) is 5.11 Å². The molecule has 6 heteroatoms. The molecule has 0 aromatic carbocycles. The molecule has 0 amide bonds. The Labute approximate surface area is 70.5 Å². The Morgan fingerprint density at radius 1 is 1.50 bits per heavy atom. The molecule has 0 fully saturated rings. The average Bonchev–Trinajstić information content (AvgIpc) is 2.03. The van der Waals surface area contributed by atoms with E-state index in [0.717, 1.165) is 6.08 Å². The molecule has 0 heterocycles. The predicted molar refractivity (Wildman–Crippen MR) is 43.3 cm³/mol. The summed E-state index contributed by atoms with van der Waals surface area (Å²) in [5, 5.41) is 8.20. The van der Waals surface area contributed by atoms with Crippen LogP contribution in [0.3, 0.4) is 0 Å². The first kappa shape index (κ1) is 11.4. The smallest absolute Gasteiger partial charge is 0.333 e. The third-order valence-electron chi connectivity index (χ3n) is 1.15. The maximum Gasteiger partial charge on any atom is 0.333 e. The topological polar surface area (TPSA) is 72.8 Å². The lowest BCUT2D eigenvalue weighted by molar-refractivity contribution is -0.131. The first-order valence-electron chi connectivity index (χ1n) is 3.14. The van der Waals surface area contributed by atoms with Crippen molar-refractivity contribution in [2.24, 2.45) is 0 Å². The summed E-state index contributed by atoms with van der Waals surface area (Å²) >= 11 is 0. The van der Waals surface area contributed by atoms with Crippen LogP contribution < -0.4 is 0 Å². The summed E-state index contributed by atoms with van der Waals surface area (Å²) in [6.07, 6.45) is 2.09. The van der Waals surface area contributed by atoms with Gasteiger partial charge in [-0.25, -0.2) is 4.79 Å². The fourth-order valence-corrected chi connectivity index (χ4v) is 1.32. The zero-order valence-electron chi connectivity index (χ0n) is 6.89. The van der Waals surface area contributed by atoms with Gasteiger partial charge < -0.3 is 14.2 Å². The second kappa shape index (κ2) is 5.09. The van der Waals surface area contributed by atoms with Crippen molar-refractivity contribution in [3.8, 4) is 0 Å². The van der Waals surface area contributed by atoms with Crippen molar-refractivity contribution in [3.63, 3.8) is 0 Å². The van der Waals surface area contributed by atoms with E-state index in [1.165, 1.54) is 20.3 Å². The van der Waals surface area contributed by atoms with Gasteiger partial charge in [0.2, 0.25) is 0 Å². The summed E-state index contributed by atoms with van der Waals surface area (Å²) in [5.41, 5.74) is 0. The lowest BCUT2D eigenvalue weighted by atomic mass is 10.5. The molecule has 0 aromatic rings. The number of carbonyl (C=O) groups is 1. The van der Waals surface area contributed by atoms with Gasteiger partial charge in [0.25, 0.3) is 0 Å². The molecular formula is C6H11O5P. The minimum absolute atomic E-state index is 0.0354. The summed E-state index contributed by atoms with van der Waals surface area (Å²) in [6.45, 7) is 0. The molecule has 1 N–H and O–H groups in total. The predicted octanol–water partition coefficient (Wildman–Crippen LogP) is 1.11. The minimum atomic E-state index is -3.09. The molecule has 0 bridgehead atoms. The minimum Gasteiger partial charge on any atom is -0.478 e. The molecule has 0 radical (unpaired) electrons. The van der Waals surface area contributed by atoms with Gasteiger partial charge in [0, 0.05) is 20.3 Å². The van der Waals surface area contributed by atoms with Crippen LogP contribution in [0.1, 0.15) is 0 Å². The van der Waals surface area contributed by atoms with Crippen molar-refractivity contribution in [2.75, 3.05) is 20.4 Å². The van der Waals surface area contributed by atoms with E-state index in [1.807, 2.05) is 0 Å². The Morgan fingerprint density at radius 3 is 2.33 bits per heavy atom. The first-order chi connectivity index (χ1) is 5.54. The van der Waals surface area contributed by atoms with Gasteiger partial charge in [-0.2, -0.15) is 0 Å². The highest BCUT2D eigenvalue weighted by Crippen LogP contribution is 2.45. The Kier molecular flexibility index (Phi) is 4.81. The zero-order chi connectivity index (χ0) is 9.61. The van der Waals surface area contributed by atoms with Crippen LogP contribution in [0.25, 0.3) is 0 Å². The Hall–Kier alpha value is -0.640.